The number of hydrogen-bond donors (Lipinski definition) is 2. The molecule has 0 saturated heterocycles. The highest BCUT2D eigenvalue weighted by Gasteiger charge is 2.32. The summed E-state index contributed by atoms with van der Waals surface area (Å²) in [4.78, 5) is 24.0. The monoisotopic (exact) mass is 372 g/mol. The maximum atomic E-state index is 12.6. The number of ether oxygens (including phenoxy) is 1. The number of carbonyl (C=O) groups is 2. The molecule has 1 fully saturated rings. The molecule has 26 heavy (non-hydrogen) atoms. The highest BCUT2D eigenvalue weighted by molar-refractivity contribution is 5.87. The molecule has 0 aliphatic heterocycles. The fraction of sp³-hybridized carbons (Fsp3) is 0.556. The third-order valence-electron chi connectivity index (χ3n) is 4.48. The normalized spacial score (nSPS) is 17.4. The third-order valence-corrected chi connectivity index (χ3v) is 4.48. The summed E-state index contributed by atoms with van der Waals surface area (Å²) in [6, 6.07) is 4.33. The van der Waals surface area contributed by atoms with E-state index in [0.717, 1.165) is 25.7 Å². The Morgan fingerprint density at radius 3 is 2.19 bits per heavy atom. The average Bonchev–Trinajstić information content (AvgIpc) is 3.05. The van der Waals surface area contributed by atoms with E-state index in [-0.39, 0.29) is 23.5 Å². The average molecular weight is 372 g/mol. The Morgan fingerprint density at radius 2 is 1.69 bits per heavy atom. The van der Waals surface area contributed by atoms with Crippen LogP contribution in [0.4, 0.5) is 13.2 Å². The molecule has 0 radical (unpaired) electrons. The number of hydrogen-bond acceptors (Lipinski definition) is 3. The number of benzene rings is 1. The minimum absolute atomic E-state index is 0.105. The van der Waals surface area contributed by atoms with Crippen molar-refractivity contribution in [2.75, 3.05) is 0 Å². The van der Waals surface area contributed by atoms with Crippen molar-refractivity contribution < 1.29 is 27.5 Å². The van der Waals surface area contributed by atoms with Crippen LogP contribution in [0, 0.1) is 5.92 Å². The van der Waals surface area contributed by atoms with Crippen molar-refractivity contribution in [3.05, 3.63) is 29.8 Å². The smallest absolute Gasteiger partial charge is 0.406 e. The van der Waals surface area contributed by atoms with Crippen molar-refractivity contribution in [1.29, 1.82) is 0 Å². The molecule has 1 aliphatic rings. The number of alkyl halides is 3. The van der Waals surface area contributed by atoms with Crippen LogP contribution < -0.4 is 15.4 Å². The number of nitrogens with one attached hydrogen (secondary N) is 2. The molecule has 2 rings (SSSR count). The lowest BCUT2D eigenvalue weighted by Crippen LogP contribution is -2.50. The molecule has 1 aromatic rings. The summed E-state index contributed by atoms with van der Waals surface area (Å²) in [5, 5.41) is 5.55. The Morgan fingerprint density at radius 1 is 1.12 bits per heavy atom. The highest BCUT2D eigenvalue weighted by Crippen LogP contribution is 2.29. The fourth-order valence-corrected chi connectivity index (χ4v) is 3.25. The van der Waals surface area contributed by atoms with Gasteiger partial charge in [-0.05, 0) is 43.4 Å². The topological polar surface area (TPSA) is 67.4 Å². The van der Waals surface area contributed by atoms with Crippen molar-refractivity contribution in [2.24, 2.45) is 5.92 Å². The van der Waals surface area contributed by atoms with Gasteiger partial charge < -0.3 is 15.4 Å². The maximum absolute atomic E-state index is 12.6. The van der Waals surface area contributed by atoms with Gasteiger partial charge in [-0.15, -0.1) is 13.2 Å². The highest BCUT2D eigenvalue weighted by atomic mass is 19.4. The van der Waals surface area contributed by atoms with Gasteiger partial charge in [-0.25, -0.2) is 0 Å². The summed E-state index contributed by atoms with van der Waals surface area (Å²) in [5.41, 5.74) is 0.640. The van der Waals surface area contributed by atoms with Gasteiger partial charge in [-0.1, -0.05) is 25.0 Å². The summed E-state index contributed by atoms with van der Waals surface area (Å²) in [6.45, 7) is 3.11. The third kappa shape index (κ3) is 5.93. The molecule has 0 bridgehead atoms. The lowest BCUT2D eigenvalue weighted by molar-refractivity contribution is -0.274. The van der Waals surface area contributed by atoms with Gasteiger partial charge in [0.15, 0.2) is 0 Å². The molecule has 0 aromatic heterocycles. The van der Waals surface area contributed by atoms with E-state index >= 15 is 0 Å². The van der Waals surface area contributed by atoms with Gasteiger partial charge in [0.1, 0.15) is 11.8 Å². The summed E-state index contributed by atoms with van der Waals surface area (Å²) in [6.07, 6.45) is -0.908. The van der Waals surface area contributed by atoms with Gasteiger partial charge in [0.25, 0.3) is 0 Å². The Hall–Kier alpha value is -2.25. The minimum atomic E-state index is -4.74. The Balaban J connectivity index is 2.00. The van der Waals surface area contributed by atoms with Gasteiger partial charge in [-0.2, -0.15) is 0 Å². The molecular weight excluding hydrogens is 349 g/mol. The number of rotatable bonds is 6. The summed E-state index contributed by atoms with van der Waals surface area (Å²) in [5.74, 6) is -0.760. The van der Waals surface area contributed by atoms with Crippen LogP contribution >= 0.6 is 0 Å². The Labute approximate surface area is 150 Å². The van der Waals surface area contributed by atoms with Gasteiger partial charge in [0.2, 0.25) is 11.8 Å². The first kappa shape index (κ1) is 20.1. The van der Waals surface area contributed by atoms with Crippen LogP contribution in [0.2, 0.25) is 0 Å². The lowest BCUT2D eigenvalue weighted by atomic mass is 9.96. The molecule has 2 unspecified atom stereocenters. The van der Waals surface area contributed by atoms with Gasteiger partial charge in [0, 0.05) is 6.92 Å². The molecule has 0 spiro atoms. The summed E-state index contributed by atoms with van der Waals surface area (Å²) >= 11 is 0. The zero-order valence-electron chi connectivity index (χ0n) is 14.7. The van der Waals surface area contributed by atoms with E-state index in [4.69, 9.17) is 0 Å². The van der Waals surface area contributed by atoms with Crippen molar-refractivity contribution in [3.8, 4) is 5.75 Å². The SMILES string of the molecule is CC(=O)NC(C(=O)NC(C)c1ccc(OC(F)(F)F)cc1)C1CCCC1. The zero-order valence-corrected chi connectivity index (χ0v) is 14.7. The molecule has 144 valence electrons. The first-order valence-corrected chi connectivity index (χ1v) is 8.59. The van der Waals surface area contributed by atoms with Crippen molar-refractivity contribution in [2.45, 2.75) is 58.0 Å². The molecule has 2 amide bonds. The minimum Gasteiger partial charge on any atom is -0.406 e. The standard InChI is InChI=1S/C18H23F3N2O3/c1-11(13-7-9-15(10-8-13)26-18(19,20)21)22-17(25)16(23-12(2)24)14-5-3-4-6-14/h7-11,14,16H,3-6H2,1-2H3,(H,22,25)(H,23,24). The van der Waals surface area contributed by atoms with Crippen LogP contribution in [0.5, 0.6) is 5.75 Å². The fourth-order valence-electron chi connectivity index (χ4n) is 3.25. The molecule has 8 heteroatoms. The van der Waals surface area contributed by atoms with Crippen LogP contribution in [0.3, 0.4) is 0 Å². The lowest BCUT2D eigenvalue weighted by Gasteiger charge is -2.25. The van der Waals surface area contributed by atoms with E-state index in [1.807, 2.05) is 0 Å². The van der Waals surface area contributed by atoms with E-state index in [2.05, 4.69) is 15.4 Å². The van der Waals surface area contributed by atoms with Crippen LogP contribution in [0.25, 0.3) is 0 Å². The molecular formula is C18H23F3N2O3. The van der Waals surface area contributed by atoms with Gasteiger partial charge in [0.05, 0.1) is 6.04 Å². The second-order valence-corrected chi connectivity index (χ2v) is 6.57. The van der Waals surface area contributed by atoms with Crippen molar-refractivity contribution >= 4 is 11.8 Å². The maximum Gasteiger partial charge on any atom is 0.573 e. The Bertz CT molecular complexity index is 626. The van der Waals surface area contributed by atoms with E-state index in [0.29, 0.717) is 5.56 Å². The van der Waals surface area contributed by atoms with Gasteiger partial charge in [-0.3, -0.25) is 9.59 Å². The number of carbonyl (C=O) groups excluding carboxylic acids is 2. The van der Waals surface area contributed by atoms with E-state index in [1.165, 1.54) is 31.2 Å². The zero-order chi connectivity index (χ0) is 19.3. The van der Waals surface area contributed by atoms with E-state index < -0.39 is 18.4 Å². The van der Waals surface area contributed by atoms with Crippen LogP contribution in [-0.4, -0.2) is 24.2 Å². The van der Waals surface area contributed by atoms with Crippen molar-refractivity contribution in [3.63, 3.8) is 0 Å². The van der Waals surface area contributed by atoms with Crippen LogP contribution in [0.1, 0.15) is 51.1 Å². The first-order chi connectivity index (χ1) is 12.2. The predicted octanol–water partition coefficient (Wildman–Crippen LogP) is 3.46. The largest absolute Gasteiger partial charge is 0.573 e. The van der Waals surface area contributed by atoms with E-state index in [1.54, 1.807) is 6.92 Å². The molecule has 5 nitrogen and oxygen atoms in total. The molecule has 1 aliphatic carbocycles. The quantitative estimate of drug-likeness (QED) is 0.804. The molecule has 2 atom stereocenters. The predicted molar refractivity (Wildman–Crippen MR) is 89.2 cm³/mol. The first-order valence-electron chi connectivity index (χ1n) is 8.59. The Kier molecular flexibility index (Phi) is 6.50. The second-order valence-electron chi connectivity index (χ2n) is 6.57. The summed E-state index contributed by atoms with van der Waals surface area (Å²) in [7, 11) is 0. The van der Waals surface area contributed by atoms with Gasteiger partial charge >= 0.3 is 6.36 Å². The second kappa shape index (κ2) is 8.42. The molecule has 1 aromatic carbocycles. The number of amides is 2. The number of halogens is 3. The van der Waals surface area contributed by atoms with Crippen molar-refractivity contribution in [1.82, 2.24) is 10.6 Å². The van der Waals surface area contributed by atoms with Crippen LogP contribution in [0.15, 0.2) is 24.3 Å². The van der Waals surface area contributed by atoms with Crippen LogP contribution in [-0.2, 0) is 9.59 Å². The summed E-state index contributed by atoms with van der Waals surface area (Å²) < 4.78 is 40.4. The molecule has 2 N–H and O–H groups in total. The molecule has 1 saturated carbocycles. The molecule has 0 heterocycles. The van der Waals surface area contributed by atoms with E-state index in [9.17, 15) is 22.8 Å².